The van der Waals surface area contributed by atoms with Crippen LogP contribution in [0.2, 0.25) is 0 Å². The quantitative estimate of drug-likeness (QED) is 0.512. The highest BCUT2D eigenvalue weighted by Gasteiger charge is 2.14. The van der Waals surface area contributed by atoms with Gasteiger partial charge in [0.05, 0.1) is 4.92 Å². The molecule has 0 saturated heterocycles. The molecule has 0 aliphatic carbocycles. The summed E-state index contributed by atoms with van der Waals surface area (Å²) in [5.74, 6) is -0.322. The smallest absolute Gasteiger partial charge is 0.292 e. The van der Waals surface area contributed by atoms with Crippen molar-refractivity contribution < 1.29 is 9.72 Å². The highest BCUT2D eigenvalue weighted by molar-refractivity contribution is 5.95. The zero-order valence-corrected chi connectivity index (χ0v) is 11.5. The summed E-state index contributed by atoms with van der Waals surface area (Å²) in [4.78, 5) is 22.1. The van der Waals surface area contributed by atoms with E-state index in [9.17, 15) is 14.9 Å². The van der Waals surface area contributed by atoms with Crippen molar-refractivity contribution in [2.45, 2.75) is 13.5 Å². The first-order valence-corrected chi connectivity index (χ1v) is 6.35. The van der Waals surface area contributed by atoms with Crippen molar-refractivity contribution >= 4 is 17.3 Å². The number of amides is 1. The van der Waals surface area contributed by atoms with Gasteiger partial charge in [0.2, 0.25) is 0 Å². The molecule has 21 heavy (non-hydrogen) atoms. The van der Waals surface area contributed by atoms with Crippen LogP contribution < -0.4 is 11.1 Å². The third-order valence-electron chi connectivity index (χ3n) is 3.06. The largest absolute Gasteiger partial charge is 0.393 e. The summed E-state index contributed by atoms with van der Waals surface area (Å²) >= 11 is 0. The average molecular weight is 285 g/mol. The monoisotopic (exact) mass is 285 g/mol. The second kappa shape index (κ2) is 6.04. The molecule has 6 nitrogen and oxygen atoms in total. The van der Waals surface area contributed by atoms with Gasteiger partial charge in [-0.2, -0.15) is 0 Å². The van der Waals surface area contributed by atoms with Crippen molar-refractivity contribution in [1.29, 1.82) is 0 Å². The van der Waals surface area contributed by atoms with Gasteiger partial charge in [0.1, 0.15) is 5.69 Å². The van der Waals surface area contributed by atoms with Crippen molar-refractivity contribution in [2.24, 2.45) is 0 Å². The molecule has 0 heterocycles. The molecular weight excluding hydrogens is 270 g/mol. The molecule has 0 aliphatic rings. The first-order valence-electron chi connectivity index (χ1n) is 6.35. The molecule has 1 amide bonds. The number of nitrogen functional groups attached to an aromatic ring is 1. The molecule has 0 saturated carbocycles. The van der Waals surface area contributed by atoms with Gasteiger partial charge in [-0.25, -0.2) is 0 Å². The maximum absolute atomic E-state index is 12.0. The lowest BCUT2D eigenvalue weighted by Crippen LogP contribution is -2.22. The van der Waals surface area contributed by atoms with Gasteiger partial charge in [0.25, 0.3) is 11.6 Å². The molecule has 0 unspecified atom stereocenters. The van der Waals surface area contributed by atoms with Crippen LogP contribution in [0.4, 0.5) is 11.4 Å². The molecule has 0 fully saturated rings. The highest BCUT2D eigenvalue weighted by Crippen LogP contribution is 2.21. The standard InChI is InChI=1S/C15H15N3O3/c1-10-2-4-11(5-3-10)9-17-15(19)12-6-7-14(18(20)21)13(16)8-12/h2-8H,9,16H2,1H3,(H,17,19). The zero-order valence-electron chi connectivity index (χ0n) is 11.5. The Morgan fingerprint density at radius 3 is 2.48 bits per heavy atom. The van der Waals surface area contributed by atoms with Crippen LogP contribution in [-0.2, 0) is 6.54 Å². The molecule has 0 atom stereocenters. The van der Waals surface area contributed by atoms with E-state index in [1.54, 1.807) is 0 Å². The lowest BCUT2D eigenvalue weighted by atomic mass is 10.1. The van der Waals surface area contributed by atoms with Crippen LogP contribution in [0.5, 0.6) is 0 Å². The highest BCUT2D eigenvalue weighted by atomic mass is 16.6. The molecule has 0 spiro atoms. The molecule has 0 radical (unpaired) electrons. The van der Waals surface area contributed by atoms with Crippen molar-refractivity contribution in [2.75, 3.05) is 5.73 Å². The Balaban J connectivity index is 2.05. The SMILES string of the molecule is Cc1ccc(CNC(=O)c2ccc([N+](=O)[O-])c(N)c2)cc1. The van der Waals surface area contributed by atoms with Gasteiger partial charge in [0.15, 0.2) is 0 Å². The van der Waals surface area contributed by atoms with Crippen LogP contribution in [0.3, 0.4) is 0 Å². The fourth-order valence-corrected chi connectivity index (χ4v) is 1.85. The van der Waals surface area contributed by atoms with Crippen molar-refractivity contribution in [1.82, 2.24) is 5.32 Å². The van der Waals surface area contributed by atoms with Gasteiger partial charge >= 0.3 is 0 Å². The minimum absolute atomic E-state index is 0.0250. The molecule has 2 aromatic rings. The first-order chi connectivity index (χ1) is 9.97. The van der Waals surface area contributed by atoms with E-state index in [1.165, 1.54) is 18.2 Å². The van der Waals surface area contributed by atoms with Crippen LogP contribution >= 0.6 is 0 Å². The fourth-order valence-electron chi connectivity index (χ4n) is 1.85. The lowest BCUT2D eigenvalue weighted by Gasteiger charge is -2.06. The summed E-state index contributed by atoms with van der Waals surface area (Å²) < 4.78 is 0. The van der Waals surface area contributed by atoms with E-state index in [-0.39, 0.29) is 17.3 Å². The molecule has 2 aromatic carbocycles. The maximum Gasteiger partial charge on any atom is 0.292 e. The average Bonchev–Trinajstić information content (AvgIpc) is 2.45. The number of nitro groups is 1. The van der Waals surface area contributed by atoms with Crippen LogP contribution in [0.1, 0.15) is 21.5 Å². The molecule has 2 rings (SSSR count). The number of hydrogen-bond donors (Lipinski definition) is 2. The second-order valence-electron chi connectivity index (χ2n) is 4.70. The van der Waals surface area contributed by atoms with Crippen molar-refractivity contribution in [3.8, 4) is 0 Å². The molecular formula is C15H15N3O3. The molecule has 0 bridgehead atoms. The summed E-state index contributed by atoms with van der Waals surface area (Å²) in [6.07, 6.45) is 0. The number of aryl methyl sites for hydroxylation is 1. The third kappa shape index (κ3) is 3.56. The Kier molecular flexibility index (Phi) is 4.18. The van der Waals surface area contributed by atoms with Gasteiger partial charge in [-0.3, -0.25) is 14.9 Å². The van der Waals surface area contributed by atoms with E-state index in [2.05, 4.69) is 5.32 Å². The number of carbonyl (C=O) groups is 1. The number of nitrogens with two attached hydrogens (primary N) is 1. The summed E-state index contributed by atoms with van der Waals surface area (Å²) in [5.41, 5.74) is 7.75. The Labute approximate surface area is 121 Å². The fraction of sp³-hybridized carbons (Fsp3) is 0.133. The minimum Gasteiger partial charge on any atom is -0.393 e. The van der Waals surface area contributed by atoms with Crippen LogP contribution in [-0.4, -0.2) is 10.8 Å². The van der Waals surface area contributed by atoms with E-state index in [0.717, 1.165) is 11.1 Å². The van der Waals surface area contributed by atoms with Crippen molar-refractivity contribution in [3.63, 3.8) is 0 Å². The Morgan fingerprint density at radius 1 is 1.24 bits per heavy atom. The van der Waals surface area contributed by atoms with Crippen molar-refractivity contribution in [3.05, 3.63) is 69.3 Å². The number of benzene rings is 2. The molecule has 0 aromatic heterocycles. The first kappa shape index (κ1) is 14.5. The van der Waals surface area contributed by atoms with Gasteiger partial charge in [-0.05, 0) is 24.6 Å². The lowest BCUT2D eigenvalue weighted by molar-refractivity contribution is -0.383. The van der Waals surface area contributed by atoms with Crippen LogP contribution in [0.25, 0.3) is 0 Å². The number of nitro benzene ring substituents is 1. The normalized spacial score (nSPS) is 10.1. The van der Waals surface area contributed by atoms with E-state index >= 15 is 0 Å². The topological polar surface area (TPSA) is 98.3 Å². The van der Waals surface area contributed by atoms with Crippen LogP contribution in [0, 0.1) is 17.0 Å². The summed E-state index contributed by atoms with van der Waals surface area (Å²) in [5, 5.41) is 13.4. The number of anilines is 1. The van der Waals surface area contributed by atoms with E-state index in [4.69, 9.17) is 5.73 Å². The predicted molar refractivity (Wildman–Crippen MR) is 79.9 cm³/mol. The molecule has 6 heteroatoms. The van der Waals surface area contributed by atoms with E-state index in [0.29, 0.717) is 12.1 Å². The van der Waals surface area contributed by atoms with Gasteiger partial charge < -0.3 is 11.1 Å². The number of nitrogens with one attached hydrogen (secondary N) is 1. The Bertz CT molecular complexity index is 681. The number of nitrogens with zero attached hydrogens (tertiary/aromatic N) is 1. The minimum atomic E-state index is -0.580. The van der Waals surface area contributed by atoms with Gasteiger partial charge in [0, 0.05) is 18.2 Å². The second-order valence-corrected chi connectivity index (χ2v) is 4.70. The summed E-state index contributed by atoms with van der Waals surface area (Å²) in [7, 11) is 0. The Hall–Kier alpha value is -2.89. The van der Waals surface area contributed by atoms with Gasteiger partial charge in [-0.1, -0.05) is 29.8 Å². The zero-order chi connectivity index (χ0) is 15.4. The molecule has 0 aliphatic heterocycles. The van der Waals surface area contributed by atoms with E-state index in [1.807, 2.05) is 31.2 Å². The van der Waals surface area contributed by atoms with Gasteiger partial charge in [-0.15, -0.1) is 0 Å². The molecule has 108 valence electrons. The number of carbonyl (C=O) groups excluding carboxylic acids is 1. The maximum atomic E-state index is 12.0. The number of rotatable bonds is 4. The summed E-state index contributed by atoms with van der Waals surface area (Å²) in [6.45, 7) is 2.37. The summed E-state index contributed by atoms with van der Waals surface area (Å²) in [6, 6.07) is 11.7. The predicted octanol–water partition coefficient (Wildman–Crippen LogP) is 2.42. The number of hydrogen-bond acceptors (Lipinski definition) is 4. The third-order valence-corrected chi connectivity index (χ3v) is 3.06. The molecule has 3 N–H and O–H groups in total. The Morgan fingerprint density at radius 2 is 1.90 bits per heavy atom. The van der Waals surface area contributed by atoms with E-state index < -0.39 is 4.92 Å². The van der Waals surface area contributed by atoms with Crippen LogP contribution in [0.15, 0.2) is 42.5 Å².